The molecule has 0 bridgehead atoms. The van der Waals surface area contributed by atoms with Gasteiger partial charge in [0.15, 0.2) is 0 Å². The molecule has 0 unspecified atom stereocenters. The molecule has 0 spiro atoms. The molecule has 0 amide bonds. The lowest BCUT2D eigenvalue weighted by Gasteiger charge is -2.09. The Morgan fingerprint density at radius 2 is 2.05 bits per heavy atom. The smallest absolute Gasteiger partial charge is 0.147 e. The van der Waals surface area contributed by atoms with E-state index in [-0.39, 0.29) is 11.7 Å². The van der Waals surface area contributed by atoms with Gasteiger partial charge in [0.2, 0.25) is 0 Å². The number of fused-ring (bicyclic) bond motifs is 1. The van der Waals surface area contributed by atoms with Crippen LogP contribution in [0.4, 0.5) is 4.39 Å². The second kappa shape index (κ2) is 5.08. The monoisotopic (exact) mass is 308 g/mol. The molecular formula is C15H11Cl2FN2. The van der Waals surface area contributed by atoms with Gasteiger partial charge in [-0.05, 0) is 36.8 Å². The highest BCUT2D eigenvalue weighted by Gasteiger charge is 2.16. The van der Waals surface area contributed by atoms with Gasteiger partial charge in [0.05, 0.1) is 22.1 Å². The second-order valence-electron chi connectivity index (χ2n) is 4.56. The Bertz CT molecular complexity index is 796. The number of hydrogen-bond acceptors (Lipinski definition) is 1. The molecule has 0 aliphatic rings. The molecule has 5 heteroatoms. The zero-order chi connectivity index (χ0) is 14.3. The van der Waals surface area contributed by atoms with Crippen molar-refractivity contribution in [3.63, 3.8) is 0 Å². The number of rotatable bonds is 2. The van der Waals surface area contributed by atoms with E-state index in [1.54, 1.807) is 16.7 Å². The van der Waals surface area contributed by atoms with Crippen LogP contribution in [0.2, 0.25) is 5.02 Å². The number of imidazole rings is 1. The van der Waals surface area contributed by atoms with Crippen molar-refractivity contribution in [3.8, 4) is 5.69 Å². The minimum atomic E-state index is -0.310. The van der Waals surface area contributed by atoms with Crippen molar-refractivity contribution >= 4 is 34.2 Å². The highest BCUT2D eigenvalue weighted by atomic mass is 35.5. The van der Waals surface area contributed by atoms with Gasteiger partial charge in [0.25, 0.3) is 0 Å². The van der Waals surface area contributed by atoms with Crippen molar-refractivity contribution in [3.05, 3.63) is 58.6 Å². The van der Waals surface area contributed by atoms with Crippen LogP contribution in [0.1, 0.15) is 11.4 Å². The quantitative estimate of drug-likeness (QED) is 0.618. The molecule has 1 heterocycles. The number of aryl methyl sites for hydroxylation is 1. The molecule has 3 rings (SSSR count). The average molecular weight is 309 g/mol. The number of para-hydroxylation sites is 1. The van der Waals surface area contributed by atoms with E-state index in [4.69, 9.17) is 23.2 Å². The van der Waals surface area contributed by atoms with Crippen LogP contribution in [0.3, 0.4) is 0 Å². The van der Waals surface area contributed by atoms with Crippen LogP contribution in [0.5, 0.6) is 0 Å². The summed E-state index contributed by atoms with van der Waals surface area (Å²) in [6.07, 6.45) is 0. The summed E-state index contributed by atoms with van der Waals surface area (Å²) in [7, 11) is 0. The van der Waals surface area contributed by atoms with Crippen molar-refractivity contribution in [2.45, 2.75) is 12.8 Å². The van der Waals surface area contributed by atoms with E-state index in [1.165, 1.54) is 6.07 Å². The SMILES string of the molecule is Cc1ccc(-n2c(CCl)nc3c(Cl)cccc32)c(F)c1. The topological polar surface area (TPSA) is 17.8 Å². The van der Waals surface area contributed by atoms with Gasteiger partial charge in [-0.15, -0.1) is 11.6 Å². The molecule has 0 saturated heterocycles. The fourth-order valence-corrected chi connectivity index (χ4v) is 2.66. The molecule has 0 aliphatic carbocycles. The summed E-state index contributed by atoms with van der Waals surface area (Å²) in [5, 5.41) is 0.528. The molecule has 0 saturated carbocycles. The molecule has 0 aliphatic heterocycles. The number of benzene rings is 2. The maximum Gasteiger partial charge on any atom is 0.147 e. The highest BCUT2D eigenvalue weighted by molar-refractivity contribution is 6.35. The zero-order valence-electron chi connectivity index (χ0n) is 10.7. The van der Waals surface area contributed by atoms with Gasteiger partial charge < -0.3 is 0 Å². The van der Waals surface area contributed by atoms with Gasteiger partial charge in [-0.1, -0.05) is 23.7 Å². The fraction of sp³-hybridized carbons (Fsp3) is 0.133. The molecule has 2 nitrogen and oxygen atoms in total. The van der Waals surface area contributed by atoms with Crippen LogP contribution in [-0.4, -0.2) is 9.55 Å². The molecule has 0 N–H and O–H groups in total. The Labute approximate surface area is 125 Å². The number of halogens is 3. The van der Waals surface area contributed by atoms with E-state index in [9.17, 15) is 4.39 Å². The van der Waals surface area contributed by atoms with Gasteiger partial charge in [-0.2, -0.15) is 0 Å². The van der Waals surface area contributed by atoms with Crippen molar-refractivity contribution in [2.75, 3.05) is 0 Å². The zero-order valence-corrected chi connectivity index (χ0v) is 12.2. The van der Waals surface area contributed by atoms with E-state index < -0.39 is 0 Å². The highest BCUT2D eigenvalue weighted by Crippen LogP contribution is 2.28. The summed E-state index contributed by atoms with van der Waals surface area (Å²) in [6, 6.07) is 10.5. The fourth-order valence-electron chi connectivity index (χ4n) is 2.26. The van der Waals surface area contributed by atoms with Gasteiger partial charge in [0, 0.05) is 0 Å². The number of alkyl halides is 1. The maximum absolute atomic E-state index is 14.2. The Morgan fingerprint density at radius 3 is 2.75 bits per heavy atom. The first kappa shape index (κ1) is 13.4. The molecule has 1 aromatic heterocycles. The van der Waals surface area contributed by atoms with Crippen molar-refractivity contribution in [1.29, 1.82) is 0 Å². The number of nitrogens with zero attached hydrogens (tertiary/aromatic N) is 2. The van der Waals surface area contributed by atoms with E-state index in [0.29, 0.717) is 22.1 Å². The minimum Gasteiger partial charge on any atom is -0.292 e. The van der Waals surface area contributed by atoms with Crippen molar-refractivity contribution in [2.24, 2.45) is 0 Å². The van der Waals surface area contributed by atoms with E-state index in [1.807, 2.05) is 25.1 Å². The predicted molar refractivity (Wildman–Crippen MR) is 80.3 cm³/mol. The first-order valence-corrected chi connectivity index (χ1v) is 7.01. The summed E-state index contributed by atoms with van der Waals surface area (Å²) >= 11 is 12.1. The Kier molecular flexibility index (Phi) is 3.40. The standard InChI is InChI=1S/C15H11Cl2FN2/c1-9-5-6-12(11(18)7-9)20-13-4-2-3-10(17)15(13)19-14(20)8-16/h2-7H,8H2,1H3. The second-order valence-corrected chi connectivity index (χ2v) is 5.23. The molecular weight excluding hydrogens is 298 g/mol. The Hall–Kier alpha value is -1.58. The van der Waals surface area contributed by atoms with Gasteiger partial charge in [-0.3, -0.25) is 4.57 Å². The first-order valence-electron chi connectivity index (χ1n) is 6.10. The van der Waals surface area contributed by atoms with Crippen molar-refractivity contribution in [1.82, 2.24) is 9.55 Å². The largest absolute Gasteiger partial charge is 0.292 e. The van der Waals surface area contributed by atoms with Gasteiger partial charge in [0.1, 0.15) is 17.2 Å². The van der Waals surface area contributed by atoms with Gasteiger partial charge in [-0.25, -0.2) is 9.37 Å². The third kappa shape index (κ3) is 2.07. The van der Waals surface area contributed by atoms with Gasteiger partial charge >= 0.3 is 0 Å². The molecule has 2 aromatic carbocycles. The molecule has 0 radical (unpaired) electrons. The number of hydrogen-bond donors (Lipinski definition) is 0. The summed E-state index contributed by atoms with van der Waals surface area (Å²) in [4.78, 5) is 4.40. The predicted octanol–water partition coefficient (Wildman–Crippen LogP) is 4.87. The lowest BCUT2D eigenvalue weighted by Crippen LogP contribution is -2.02. The number of aromatic nitrogens is 2. The van der Waals surface area contributed by atoms with Crippen molar-refractivity contribution < 1.29 is 4.39 Å². The average Bonchev–Trinajstić information content (AvgIpc) is 2.79. The Morgan fingerprint density at radius 1 is 1.25 bits per heavy atom. The molecule has 102 valence electrons. The van der Waals surface area contributed by atoms with Crippen LogP contribution in [0.25, 0.3) is 16.7 Å². The summed E-state index contributed by atoms with van der Waals surface area (Å²) in [5.74, 6) is 0.436. The Balaban J connectivity index is 2.37. The van der Waals surface area contributed by atoms with E-state index >= 15 is 0 Å². The molecule has 0 atom stereocenters. The minimum absolute atomic E-state index is 0.179. The molecule has 3 aromatic rings. The summed E-state index contributed by atoms with van der Waals surface area (Å²) in [5.41, 5.74) is 2.66. The van der Waals surface area contributed by atoms with Crippen LogP contribution in [0.15, 0.2) is 36.4 Å². The van der Waals surface area contributed by atoms with E-state index in [0.717, 1.165) is 11.1 Å². The van der Waals surface area contributed by atoms with E-state index in [2.05, 4.69) is 4.98 Å². The first-order chi connectivity index (χ1) is 9.61. The van der Waals surface area contributed by atoms with Crippen LogP contribution in [-0.2, 0) is 5.88 Å². The maximum atomic E-state index is 14.2. The van der Waals surface area contributed by atoms with Crippen LogP contribution in [0, 0.1) is 12.7 Å². The van der Waals surface area contributed by atoms with Crippen LogP contribution >= 0.6 is 23.2 Å². The lowest BCUT2D eigenvalue weighted by atomic mass is 10.2. The third-order valence-electron chi connectivity index (χ3n) is 3.17. The normalized spacial score (nSPS) is 11.2. The summed E-state index contributed by atoms with van der Waals surface area (Å²) in [6.45, 7) is 1.85. The lowest BCUT2D eigenvalue weighted by molar-refractivity contribution is 0.616. The molecule has 0 fully saturated rings. The summed E-state index contributed by atoms with van der Waals surface area (Å²) < 4.78 is 15.9. The molecule has 20 heavy (non-hydrogen) atoms. The van der Waals surface area contributed by atoms with Crippen LogP contribution < -0.4 is 0 Å². The third-order valence-corrected chi connectivity index (χ3v) is 3.71.